The molecule has 1 heterocycles. The van der Waals surface area contributed by atoms with Gasteiger partial charge in [0.1, 0.15) is 11.5 Å². The fourth-order valence-corrected chi connectivity index (χ4v) is 3.83. The van der Waals surface area contributed by atoms with Crippen LogP contribution in [0.5, 0.6) is 11.5 Å². The molecule has 0 radical (unpaired) electrons. The Morgan fingerprint density at radius 2 is 1.50 bits per heavy atom. The Kier molecular flexibility index (Phi) is 7.76. The Bertz CT molecular complexity index is 1370. The molecule has 1 aliphatic rings. The number of methoxy groups -OCH3 is 1. The molecule has 0 aromatic heterocycles. The van der Waals surface area contributed by atoms with Gasteiger partial charge in [-0.15, -0.1) is 0 Å². The van der Waals surface area contributed by atoms with Crippen molar-refractivity contribution < 1.29 is 38.3 Å². The highest BCUT2D eigenvalue weighted by molar-refractivity contribution is 6.01. The third-order valence-electron chi connectivity index (χ3n) is 5.86. The van der Waals surface area contributed by atoms with Crippen LogP contribution in [0.3, 0.4) is 0 Å². The lowest BCUT2D eigenvalue weighted by Gasteiger charge is -2.16. The smallest absolute Gasteiger partial charge is 0.337 e. The van der Waals surface area contributed by atoms with E-state index in [-0.39, 0.29) is 24.6 Å². The molecule has 0 saturated carbocycles. The van der Waals surface area contributed by atoms with Crippen LogP contribution >= 0.6 is 0 Å². The molecule has 0 bridgehead atoms. The van der Waals surface area contributed by atoms with Crippen molar-refractivity contribution in [3.8, 4) is 11.5 Å². The minimum atomic E-state index is -0.729. The highest BCUT2D eigenvalue weighted by Gasteiger charge is 2.36. The van der Waals surface area contributed by atoms with Crippen LogP contribution < -0.4 is 9.64 Å². The molecule has 0 spiro atoms. The quantitative estimate of drug-likeness (QED) is 0.178. The largest absolute Gasteiger partial charge is 0.465 e. The number of nitro groups is 1. The van der Waals surface area contributed by atoms with E-state index in [9.17, 15) is 29.3 Å². The number of nitrogens with zero attached hydrogens (tertiary/aromatic N) is 2. The predicted octanol–water partition coefficient (Wildman–Crippen LogP) is 3.95. The summed E-state index contributed by atoms with van der Waals surface area (Å²) in [6, 6.07) is 17.9. The molecule has 11 nitrogen and oxygen atoms in total. The molecular weight excluding hydrogens is 496 g/mol. The zero-order valence-corrected chi connectivity index (χ0v) is 20.2. The highest BCUT2D eigenvalue weighted by atomic mass is 16.6. The predicted molar refractivity (Wildman–Crippen MR) is 133 cm³/mol. The first-order valence-electron chi connectivity index (χ1n) is 11.5. The maximum absolute atomic E-state index is 12.5. The van der Waals surface area contributed by atoms with Crippen LogP contribution in [0, 0.1) is 16.0 Å². The molecule has 11 heteroatoms. The molecule has 194 valence electrons. The molecule has 1 aliphatic heterocycles. The van der Waals surface area contributed by atoms with Crippen LogP contribution in [0.4, 0.5) is 11.4 Å². The van der Waals surface area contributed by atoms with Gasteiger partial charge in [-0.1, -0.05) is 0 Å². The summed E-state index contributed by atoms with van der Waals surface area (Å²) < 4.78 is 15.5. The van der Waals surface area contributed by atoms with E-state index in [4.69, 9.17) is 9.47 Å². The summed E-state index contributed by atoms with van der Waals surface area (Å²) >= 11 is 0. The van der Waals surface area contributed by atoms with Gasteiger partial charge in [0.05, 0.1) is 23.5 Å². The van der Waals surface area contributed by atoms with Crippen molar-refractivity contribution in [3.05, 3.63) is 94.0 Å². The first-order chi connectivity index (χ1) is 18.2. The maximum Gasteiger partial charge on any atom is 0.337 e. The third kappa shape index (κ3) is 6.01. The second-order valence-corrected chi connectivity index (χ2v) is 8.35. The minimum Gasteiger partial charge on any atom is -0.465 e. The standard InChI is InChI=1S/C27H22N2O9/c1-36-26(32)18-2-6-20(7-3-18)28-15-19(14-25(28)31)27(33)37-16-24(30)17-4-10-22(11-5-17)38-23-12-8-21(9-13-23)29(34)35/h2-13,19H,14-16H2,1H3/t19-/m1/s1. The number of hydrogen-bond donors (Lipinski definition) is 0. The van der Waals surface area contributed by atoms with E-state index in [0.29, 0.717) is 28.3 Å². The number of Topliss-reactive ketones (excluding diaryl/α,β-unsaturated/α-hetero) is 1. The minimum absolute atomic E-state index is 0.0551. The number of rotatable bonds is 9. The Balaban J connectivity index is 1.28. The van der Waals surface area contributed by atoms with Crippen LogP contribution in [0.15, 0.2) is 72.8 Å². The summed E-state index contributed by atoms with van der Waals surface area (Å²) in [5, 5.41) is 10.7. The van der Waals surface area contributed by atoms with Gasteiger partial charge < -0.3 is 19.1 Å². The molecule has 0 aliphatic carbocycles. The fourth-order valence-electron chi connectivity index (χ4n) is 3.83. The van der Waals surface area contributed by atoms with Crippen molar-refractivity contribution in [2.24, 2.45) is 5.92 Å². The van der Waals surface area contributed by atoms with Crippen molar-refractivity contribution >= 4 is 35.0 Å². The first kappa shape index (κ1) is 26.0. The third-order valence-corrected chi connectivity index (χ3v) is 5.86. The second-order valence-electron chi connectivity index (χ2n) is 8.35. The summed E-state index contributed by atoms with van der Waals surface area (Å²) in [6.45, 7) is -0.391. The number of anilines is 1. The van der Waals surface area contributed by atoms with Gasteiger partial charge in [0.2, 0.25) is 5.91 Å². The number of benzene rings is 3. The van der Waals surface area contributed by atoms with Gasteiger partial charge in [-0.05, 0) is 60.7 Å². The van der Waals surface area contributed by atoms with Gasteiger partial charge >= 0.3 is 11.9 Å². The van der Waals surface area contributed by atoms with E-state index in [2.05, 4.69) is 4.74 Å². The molecule has 4 rings (SSSR count). The van der Waals surface area contributed by atoms with Crippen molar-refractivity contribution in [2.45, 2.75) is 6.42 Å². The molecule has 0 unspecified atom stereocenters. The van der Waals surface area contributed by atoms with E-state index in [1.807, 2.05) is 0 Å². The zero-order valence-electron chi connectivity index (χ0n) is 20.2. The maximum atomic E-state index is 12.5. The van der Waals surface area contributed by atoms with Gasteiger partial charge in [-0.25, -0.2) is 4.79 Å². The van der Waals surface area contributed by atoms with Crippen LogP contribution in [0.2, 0.25) is 0 Å². The molecule has 1 atom stereocenters. The van der Waals surface area contributed by atoms with Crippen LogP contribution in [-0.2, 0) is 19.1 Å². The van der Waals surface area contributed by atoms with Crippen LogP contribution in [0.25, 0.3) is 0 Å². The topological polar surface area (TPSA) is 142 Å². The molecule has 1 amide bonds. The molecule has 3 aromatic carbocycles. The van der Waals surface area contributed by atoms with Gasteiger partial charge in [0.15, 0.2) is 12.4 Å². The summed E-state index contributed by atoms with van der Waals surface area (Å²) in [5.74, 6) is -1.78. The Morgan fingerprint density at radius 3 is 2.08 bits per heavy atom. The van der Waals surface area contributed by atoms with E-state index in [0.717, 1.165) is 0 Å². The van der Waals surface area contributed by atoms with Gasteiger partial charge in [0, 0.05) is 36.3 Å². The number of nitro benzene ring substituents is 1. The summed E-state index contributed by atoms with van der Waals surface area (Å²) in [4.78, 5) is 60.7. The fraction of sp³-hybridized carbons (Fsp3) is 0.185. The van der Waals surface area contributed by atoms with Gasteiger partial charge in [0.25, 0.3) is 5.69 Å². The molecule has 3 aromatic rings. The average molecular weight is 518 g/mol. The van der Waals surface area contributed by atoms with Crippen molar-refractivity contribution in [1.29, 1.82) is 0 Å². The Hall–Kier alpha value is -5.06. The Morgan fingerprint density at radius 1 is 0.921 bits per heavy atom. The van der Waals surface area contributed by atoms with Gasteiger partial charge in [-0.3, -0.25) is 24.5 Å². The van der Waals surface area contributed by atoms with E-state index < -0.39 is 35.2 Å². The number of non-ortho nitro benzene ring substituents is 1. The number of hydrogen-bond acceptors (Lipinski definition) is 9. The highest BCUT2D eigenvalue weighted by Crippen LogP contribution is 2.27. The summed E-state index contributed by atoms with van der Waals surface area (Å²) in [7, 11) is 1.27. The molecular formula is C27H22N2O9. The molecule has 38 heavy (non-hydrogen) atoms. The summed E-state index contributed by atoms with van der Waals surface area (Å²) in [6.07, 6.45) is -0.0551. The lowest BCUT2D eigenvalue weighted by Crippen LogP contribution is -2.27. The first-order valence-corrected chi connectivity index (χ1v) is 11.5. The number of carbonyl (C=O) groups is 4. The summed E-state index contributed by atoms with van der Waals surface area (Å²) in [5.41, 5.74) is 1.11. The molecule has 1 fully saturated rings. The lowest BCUT2D eigenvalue weighted by atomic mass is 10.1. The number of carbonyl (C=O) groups excluding carboxylic acids is 4. The number of esters is 2. The monoisotopic (exact) mass is 518 g/mol. The van der Waals surface area contributed by atoms with E-state index in [1.165, 1.54) is 60.5 Å². The number of ketones is 1. The lowest BCUT2D eigenvalue weighted by molar-refractivity contribution is -0.384. The molecule has 0 N–H and O–H groups in total. The number of ether oxygens (including phenoxy) is 3. The van der Waals surface area contributed by atoms with Crippen molar-refractivity contribution in [2.75, 3.05) is 25.2 Å². The molecule has 1 saturated heterocycles. The van der Waals surface area contributed by atoms with E-state index in [1.54, 1.807) is 24.3 Å². The average Bonchev–Trinajstić information content (AvgIpc) is 3.33. The normalized spacial score (nSPS) is 14.6. The number of amides is 1. The van der Waals surface area contributed by atoms with Crippen LogP contribution in [0.1, 0.15) is 27.1 Å². The zero-order chi connectivity index (χ0) is 27.2. The van der Waals surface area contributed by atoms with Gasteiger partial charge in [-0.2, -0.15) is 0 Å². The second kappa shape index (κ2) is 11.3. The SMILES string of the molecule is COC(=O)c1ccc(N2C[C@H](C(=O)OCC(=O)c3ccc(Oc4ccc([N+](=O)[O-])cc4)cc3)CC2=O)cc1. The van der Waals surface area contributed by atoms with E-state index >= 15 is 0 Å². The van der Waals surface area contributed by atoms with Crippen molar-refractivity contribution in [1.82, 2.24) is 0 Å². The van der Waals surface area contributed by atoms with Crippen LogP contribution in [-0.4, -0.2) is 48.8 Å². The Labute approximate surface area is 216 Å². The van der Waals surface area contributed by atoms with Crippen molar-refractivity contribution in [3.63, 3.8) is 0 Å².